The van der Waals surface area contributed by atoms with Crippen molar-refractivity contribution in [3.63, 3.8) is 0 Å². The van der Waals surface area contributed by atoms with E-state index in [-0.39, 0.29) is 17.4 Å². The van der Waals surface area contributed by atoms with Gasteiger partial charge in [0.15, 0.2) is 0 Å². The highest BCUT2D eigenvalue weighted by molar-refractivity contribution is 5.94. The quantitative estimate of drug-likeness (QED) is 0.631. The Morgan fingerprint density at radius 2 is 2.33 bits per heavy atom. The highest BCUT2D eigenvalue weighted by Gasteiger charge is 2.27. The summed E-state index contributed by atoms with van der Waals surface area (Å²) in [7, 11) is 0. The van der Waals surface area contributed by atoms with E-state index in [0.29, 0.717) is 19.7 Å². The van der Waals surface area contributed by atoms with Crippen molar-refractivity contribution in [2.75, 3.05) is 19.7 Å². The number of ether oxygens (including phenoxy) is 1. The third kappa shape index (κ3) is 3.55. The van der Waals surface area contributed by atoms with Gasteiger partial charge in [-0.3, -0.25) is 14.9 Å². The van der Waals surface area contributed by atoms with Gasteiger partial charge in [0.2, 0.25) is 0 Å². The molecule has 1 aliphatic heterocycles. The average molecular weight is 296 g/mol. The van der Waals surface area contributed by atoms with Gasteiger partial charge in [-0.25, -0.2) is 4.39 Å². The van der Waals surface area contributed by atoms with E-state index in [1.807, 2.05) is 6.92 Å². The highest BCUT2D eigenvalue weighted by Crippen LogP contribution is 2.20. The Bertz CT molecular complexity index is 548. The number of nitro groups is 1. The molecule has 1 fully saturated rings. The Labute approximate surface area is 121 Å². The van der Waals surface area contributed by atoms with Crippen molar-refractivity contribution in [2.45, 2.75) is 25.9 Å². The first-order chi connectivity index (χ1) is 10.0. The highest BCUT2D eigenvalue weighted by atomic mass is 19.1. The van der Waals surface area contributed by atoms with E-state index in [0.717, 1.165) is 25.0 Å². The zero-order valence-corrected chi connectivity index (χ0v) is 11.8. The number of carbonyl (C=O) groups is 1. The van der Waals surface area contributed by atoms with Crippen LogP contribution in [0.15, 0.2) is 18.2 Å². The first-order valence-electron chi connectivity index (χ1n) is 6.87. The molecule has 1 amide bonds. The minimum atomic E-state index is -0.868. The molecular weight excluding hydrogens is 279 g/mol. The third-order valence-electron chi connectivity index (χ3n) is 3.46. The molecule has 0 aromatic heterocycles. The van der Waals surface area contributed by atoms with Crippen molar-refractivity contribution < 1.29 is 18.8 Å². The fourth-order valence-corrected chi connectivity index (χ4v) is 2.46. The number of likely N-dealkylation sites (tertiary alicyclic amines) is 1. The summed E-state index contributed by atoms with van der Waals surface area (Å²) in [6.45, 7) is 3.41. The maximum Gasteiger partial charge on any atom is 0.272 e. The van der Waals surface area contributed by atoms with E-state index in [1.54, 1.807) is 0 Å². The Kier molecular flexibility index (Phi) is 4.85. The van der Waals surface area contributed by atoms with Gasteiger partial charge >= 0.3 is 0 Å². The van der Waals surface area contributed by atoms with Crippen LogP contribution in [0.4, 0.5) is 10.1 Å². The molecule has 1 unspecified atom stereocenters. The standard InChI is InChI=1S/C14H17FN2O4/c1-2-21-11-4-3-7-16(9-11)14(18)12-6-5-10(17(19)20)8-13(12)15/h5-6,8,11H,2-4,7,9H2,1H3. The fraction of sp³-hybridized carbons (Fsp3) is 0.500. The monoisotopic (exact) mass is 296 g/mol. The minimum absolute atomic E-state index is 0.0335. The summed E-state index contributed by atoms with van der Waals surface area (Å²) in [5.41, 5.74) is -0.507. The van der Waals surface area contributed by atoms with E-state index >= 15 is 0 Å². The first kappa shape index (κ1) is 15.4. The Morgan fingerprint density at radius 1 is 1.57 bits per heavy atom. The lowest BCUT2D eigenvalue weighted by molar-refractivity contribution is -0.385. The molecule has 1 aromatic carbocycles. The number of amides is 1. The number of hydrogen-bond donors (Lipinski definition) is 0. The number of nitrogens with zero attached hydrogens (tertiary/aromatic N) is 2. The summed E-state index contributed by atoms with van der Waals surface area (Å²) in [4.78, 5) is 23.7. The molecule has 1 atom stereocenters. The lowest BCUT2D eigenvalue weighted by Crippen LogP contribution is -2.43. The number of nitro benzene ring substituents is 1. The van der Waals surface area contributed by atoms with Crippen molar-refractivity contribution in [2.24, 2.45) is 0 Å². The van der Waals surface area contributed by atoms with E-state index in [2.05, 4.69) is 0 Å². The molecule has 7 heteroatoms. The van der Waals surface area contributed by atoms with Crippen LogP contribution in [-0.2, 0) is 4.74 Å². The molecule has 114 valence electrons. The maximum absolute atomic E-state index is 13.9. The molecule has 1 heterocycles. The van der Waals surface area contributed by atoms with Crippen LogP contribution in [0.5, 0.6) is 0 Å². The molecule has 0 N–H and O–H groups in total. The molecule has 1 saturated heterocycles. The zero-order chi connectivity index (χ0) is 15.4. The lowest BCUT2D eigenvalue weighted by atomic mass is 10.1. The number of hydrogen-bond acceptors (Lipinski definition) is 4. The van der Waals surface area contributed by atoms with E-state index in [4.69, 9.17) is 4.74 Å². The van der Waals surface area contributed by atoms with Crippen LogP contribution in [0.1, 0.15) is 30.1 Å². The normalized spacial score (nSPS) is 18.6. The van der Waals surface area contributed by atoms with Gasteiger partial charge in [-0.2, -0.15) is 0 Å². The zero-order valence-electron chi connectivity index (χ0n) is 11.8. The maximum atomic E-state index is 13.9. The van der Waals surface area contributed by atoms with Crippen molar-refractivity contribution in [1.29, 1.82) is 0 Å². The molecule has 0 saturated carbocycles. The van der Waals surface area contributed by atoms with Gasteiger partial charge in [0.05, 0.1) is 22.7 Å². The van der Waals surface area contributed by atoms with Gasteiger partial charge in [-0.15, -0.1) is 0 Å². The third-order valence-corrected chi connectivity index (χ3v) is 3.46. The van der Waals surface area contributed by atoms with Crippen LogP contribution in [0.2, 0.25) is 0 Å². The van der Waals surface area contributed by atoms with Crippen LogP contribution >= 0.6 is 0 Å². The summed E-state index contributed by atoms with van der Waals surface area (Å²) in [6.07, 6.45) is 1.64. The molecule has 6 nitrogen and oxygen atoms in total. The number of halogens is 1. The SMILES string of the molecule is CCOC1CCCN(C(=O)c2ccc([N+](=O)[O-])cc2F)C1. The van der Waals surface area contributed by atoms with Gasteiger partial charge in [-0.05, 0) is 25.8 Å². The van der Waals surface area contributed by atoms with Gasteiger partial charge in [-0.1, -0.05) is 0 Å². The number of carbonyl (C=O) groups excluding carboxylic acids is 1. The summed E-state index contributed by atoms with van der Waals surface area (Å²) in [5, 5.41) is 10.6. The first-order valence-corrected chi connectivity index (χ1v) is 6.87. The fourth-order valence-electron chi connectivity index (χ4n) is 2.46. The van der Waals surface area contributed by atoms with E-state index in [1.165, 1.54) is 11.0 Å². The molecule has 0 radical (unpaired) electrons. The molecule has 21 heavy (non-hydrogen) atoms. The number of piperidine rings is 1. The number of non-ortho nitro benzene ring substituents is 1. The smallest absolute Gasteiger partial charge is 0.272 e. The summed E-state index contributed by atoms with van der Waals surface area (Å²) in [6, 6.07) is 3.08. The molecule has 0 aliphatic carbocycles. The average Bonchev–Trinajstić information content (AvgIpc) is 2.47. The van der Waals surface area contributed by atoms with Crippen LogP contribution in [-0.4, -0.2) is 41.5 Å². The number of benzene rings is 1. The summed E-state index contributed by atoms with van der Waals surface area (Å²) < 4.78 is 19.4. The number of rotatable bonds is 4. The molecule has 0 bridgehead atoms. The van der Waals surface area contributed by atoms with Crippen LogP contribution < -0.4 is 0 Å². The van der Waals surface area contributed by atoms with Crippen molar-refractivity contribution >= 4 is 11.6 Å². The molecule has 1 aliphatic rings. The Balaban J connectivity index is 2.14. The second kappa shape index (κ2) is 6.62. The molecule has 2 rings (SSSR count). The Hall–Kier alpha value is -2.02. The molecule has 0 spiro atoms. The minimum Gasteiger partial charge on any atom is -0.377 e. The predicted octanol–water partition coefficient (Wildman–Crippen LogP) is 2.38. The van der Waals surface area contributed by atoms with Gasteiger partial charge in [0.1, 0.15) is 5.82 Å². The molecule has 1 aromatic rings. The second-order valence-electron chi connectivity index (χ2n) is 4.89. The van der Waals surface area contributed by atoms with Gasteiger partial charge in [0.25, 0.3) is 11.6 Å². The van der Waals surface area contributed by atoms with Gasteiger partial charge in [0, 0.05) is 25.8 Å². The van der Waals surface area contributed by atoms with Crippen molar-refractivity contribution in [1.82, 2.24) is 4.90 Å². The predicted molar refractivity (Wildman–Crippen MR) is 73.6 cm³/mol. The van der Waals surface area contributed by atoms with Crippen molar-refractivity contribution in [3.05, 3.63) is 39.7 Å². The molecular formula is C14H17FN2O4. The summed E-state index contributed by atoms with van der Waals surface area (Å²) >= 11 is 0. The van der Waals surface area contributed by atoms with Crippen LogP contribution in [0, 0.1) is 15.9 Å². The van der Waals surface area contributed by atoms with E-state index < -0.39 is 16.6 Å². The Morgan fingerprint density at radius 3 is 2.95 bits per heavy atom. The van der Waals surface area contributed by atoms with Crippen LogP contribution in [0.3, 0.4) is 0 Å². The topological polar surface area (TPSA) is 72.7 Å². The second-order valence-corrected chi connectivity index (χ2v) is 4.89. The lowest BCUT2D eigenvalue weighted by Gasteiger charge is -2.32. The van der Waals surface area contributed by atoms with Crippen LogP contribution in [0.25, 0.3) is 0 Å². The summed E-state index contributed by atoms with van der Waals surface area (Å²) in [5.74, 6) is -1.32. The van der Waals surface area contributed by atoms with E-state index in [9.17, 15) is 19.3 Å². The largest absolute Gasteiger partial charge is 0.377 e. The van der Waals surface area contributed by atoms with Crippen molar-refractivity contribution in [3.8, 4) is 0 Å². The van der Waals surface area contributed by atoms with Gasteiger partial charge < -0.3 is 9.64 Å².